The Kier molecular flexibility index (Phi) is 30.6. The van der Waals surface area contributed by atoms with E-state index in [1.54, 1.807) is 25.1 Å². The highest BCUT2D eigenvalue weighted by molar-refractivity contribution is 6.32. The highest BCUT2D eigenvalue weighted by atomic mass is 35.5. The third-order valence-corrected chi connectivity index (χ3v) is 26.1. The number of anilines is 1. The summed E-state index contributed by atoms with van der Waals surface area (Å²) in [5.41, 5.74) is 10.6. The van der Waals surface area contributed by atoms with Gasteiger partial charge in [0.1, 0.15) is 114 Å². The molecule has 7 heterocycles. The number of hydrogen-bond acceptors (Lipinski definition) is 29. The fraction of sp³-hybridized carbons (Fsp3) is 0.516. The lowest BCUT2D eigenvalue weighted by molar-refractivity contribution is -0.333. The van der Waals surface area contributed by atoms with E-state index in [-0.39, 0.29) is 115 Å². The second-order valence-corrected chi connectivity index (χ2v) is 36.4. The summed E-state index contributed by atoms with van der Waals surface area (Å²) < 4.78 is 57.8. The number of carbonyl (C=O) groups is 9. The second kappa shape index (κ2) is 41.6. The Balaban J connectivity index is 0.948. The lowest BCUT2D eigenvalue weighted by Gasteiger charge is -2.54. The second-order valence-electron chi connectivity index (χ2n) is 36.0. The molecule has 18 atom stereocenters. The SMILES string of the molecule is CCNCCOc1ccc(NC(=O)Oc2cc(C)c3c(c2)[C@@H](C(=O)NC2C4CC5CC(C4)CC2C5)NC(=O)[C@H]2NC(=O)[C@H](NC(=O)[C@@H]4NC(=O)[C@H](CC(N)=O)NC(=O)[C@H](NC(=O)[C@@H](CC(C)C)NC)[C@H](O)c5ccc(c(C)c5)Oc5cc4cc(c5O[C@@H]4O[C@H](CO)[C@@H](O)[C@H](O)[C@H]4O[C@H]4C[C@](C)(N)[C@H](O)[C@H](C)O4)Oc4ccc(cc4Cl)[C@H]2O)c2ccc(O)c-3c2)c(OCCNCC)c1. The van der Waals surface area contributed by atoms with Gasteiger partial charge in [0.2, 0.25) is 59.3 Å². The van der Waals surface area contributed by atoms with Crippen LogP contribution in [0.1, 0.15) is 162 Å². The Morgan fingerprint density at radius 2 is 1.31 bits per heavy atom. The van der Waals surface area contributed by atoms with Crippen LogP contribution >= 0.6 is 11.6 Å². The number of benzene rings is 6. The van der Waals surface area contributed by atoms with Crippen LogP contribution in [-0.2, 0) is 52.6 Å². The van der Waals surface area contributed by atoms with E-state index in [9.17, 15) is 50.1 Å². The minimum Gasteiger partial charge on any atom is -0.507 e. The third kappa shape index (κ3) is 21.7. The van der Waals surface area contributed by atoms with Gasteiger partial charge in [-0.2, -0.15) is 0 Å². The summed E-state index contributed by atoms with van der Waals surface area (Å²) in [6.45, 7) is 15.7. The molecular weight excluding hydrogens is 1730 g/mol. The van der Waals surface area contributed by atoms with Gasteiger partial charge in [0.15, 0.2) is 23.9 Å². The molecule has 0 spiro atoms. The average molecular weight is 1850 g/mol. The van der Waals surface area contributed by atoms with Gasteiger partial charge < -0.3 is 143 Å². The van der Waals surface area contributed by atoms with Gasteiger partial charge in [-0.15, -0.1) is 0 Å². The zero-order valence-corrected chi connectivity index (χ0v) is 75.4. The van der Waals surface area contributed by atoms with Gasteiger partial charge in [0.05, 0.1) is 42.0 Å². The number of halogens is 1. The summed E-state index contributed by atoms with van der Waals surface area (Å²) in [7, 11) is 1.51. The molecule has 39 heteroatoms. The predicted octanol–water partition coefficient (Wildman–Crippen LogP) is 4.10. The first kappa shape index (κ1) is 97.0. The fourth-order valence-electron chi connectivity index (χ4n) is 19.3. The quantitative estimate of drug-likeness (QED) is 0.0340. The molecule has 0 unspecified atom stereocenters. The number of rotatable bonds is 26. The van der Waals surface area contributed by atoms with Crippen molar-refractivity contribution in [2.24, 2.45) is 41.1 Å². The first-order valence-corrected chi connectivity index (χ1v) is 45.1. The van der Waals surface area contributed by atoms with Crippen LogP contribution in [0, 0.1) is 43.4 Å². The van der Waals surface area contributed by atoms with E-state index in [1.165, 1.54) is 94.5 Å². The van der Waals surface area contributed by atoms with Crippen LogP contribution in [0.3, 0.4) is 0 Å². The number of nitrogens with two attached hydrogens (primary N) is 2. The van der Waals surface area contributed by atoms with Crippen LogP contribution in [0.2, 0.25) is 5.02 Å². The Hall–Kier alpha value is -11.1. The fourth-order valence-corrected chi connectivity index (χ4v) is 19.5. The van der Waals surface area contributed by atoms with Crippen LogP contribution in [0.4, 0.5) is 10.5 Å². The van der Waals surface area contributed by atoms with Gasteiger partial charge in [-0.1, -0.05) is 57.5 Å². The number of phenols is 1. The van der Waals surface area contributed by atoms with Crippen molar-refractivity contribution in [1.82, 2.24) is 53.2 Å². The number of aliphatic hydroxyl groups excluding tert-OH is 6. The van der Waals surface area contributed by atoms with Crippen LogP contribution in [-0.4, -0.2) is 227 Å². The van der Waals surface area contributed by atoms with E-state index >= 15 is 28.8 Å². The molecule has 712 valence electrons. The first-order chi connectivity index (χ1) is 63.0. The monoisotopic (exact) mass is 1850 g/mol. The summed E-state index contributed by atoms with van der Waals surface area (Å²) in [4.78, 5) is 139. The molecule has 2 saturated heterocycles. The molecule has 15 bridgehead atoms. The molecule has 22 N–H and O–H groups in total. The number of ether oxygens (including phenoxy) is 9. The van der Waals surface area contributed by atoms with E-state index in [2.05, 4.69) is 58.5 Å². The smallest absolute Gasteiger partial charge is 0.417 e. The van der Waals surface area contributed by atoms with Gasteiger partial charge in [0, 0.05) is 42.7 Å². The van der Waals surface area contributed by atoms with E-state index in [0.717, 1.165) is 50.8 Å². The number of primary amides is 1. The Morgan fingerprint density at radius 1 is 0.667 bits per heavy atom. The van der Waals surface area contributed by atoms with Gasteiger partial charge in [-0.3, -0.25) is 43.7 Å². The summed E-state index contributed by atoms with van der Waals surface area (Å²) in [6, 6.07) is 7.36. The zero-order valence-electron chi connectivity index (χ0n) is 74.6. The topological polar surface area (TPSA) is 563 Å². The number of likely N-dealkylation sites (N-methyl/N-ethyl adjacent to an activating group) is 3. The van der Waals surface area contributed by atoms with Gasteiger partial charge in [-0.05, 0) is 233 Å². The third-order valence-electron chi connectivity index (χ3n) is 25.8. The maximum absolute atomic E-state index is 16.7. The standard InChI is InChI=1S/C93H118ClN13O25/c1-10-98-20-22-124-53-15-16-58(64(37-53)125-23-21-99-11-2)101-92(123)127-54-26-43(6)70-55-32-47(12-17-61(55)109)72-86(118)107-76(90(122)105-74(56(70)36-54)88(120)102-71-50-28-45-27-46(30-50)31-51(71)29-45)78(112)49-14-19-63(57(94)33-49)129-66-35-52-34-65(81(66)132-91-82(80(114)79(113)67(40-108)130-91)131-69-39-93(8,96)83(115)44(7)126-69)128-62-18-13-48(25-42(62)5)77(111)75(106-84(116)59(97-9)24-41(3)4)89(121)100-60(38-68(95)110)85(117)103-73(52)87(119)104-72/h12-19,25-26,32-37,41,44-46,50-51,59-60,67,69,71-80,82-83,91,97-99,108-109,111-115H,10-11,20-24,27-31,38-40,96H2,1-9H3,(H2,95,110)(H,100,121)(H,101,123)(H,102,120)(H,103,117)(H,104,119)(H,105,122)(H,106,116)(H,107,118)/t44-,45?,46?,50?,51?,59+,60-,67+,69-,71?,72+,73+,74-,75+,76-,77+,78+,79+,80-,82+,83+,91-,93-/m0/s1. The highest BCUT2D eigenvalue weighted by Crippen LogP contribution is 2.55. The molecule has 17 rings (SSSR count). The van der Waals surface area contributed by atoms with E-state index in [0.29, 0.717) is 43.8 Å². The minimum atomic E-state index is -2.31. The Labute approximate surface area is 767 Å². The molecule has 38 nitrogen and oxygen atoms in total. The Morgan fingerprint density at radius 3 is 1.95 bits per heavy atom. The van der Waals surface area contributed by atoms with Gasteiger partial charge in [0.25, 0.3) is 0 Å². The summed E-state index contributed by atoms with van der Waals surface area (Å²) in [5.74, 6) is -10.5. The van der Waals surface area contributed by atoms with Crippen molar-refractivity contribution in [1.29, 1.82) is 0 Å². The normalized spacial score (nSPS) is 29.3. The van der Waals surface area contributed by atoms with Crippen molar-refractivity contribution < 1.29 is 122 Å². The zero-order chi connectivity index (χ0) is 94.6. The molecule has 6 fully saturated rings. The van der Waals surface area contributed by atoms with Crippen LogP contribution in [0.15, 0.2) is 97.1 Å². The number of phenolic OH excluding ortho intramolecular Hbond substituents is 1. The number of aliphatic hydroxyl groups is 6. The lowest BCUT2D eigenvalue weighted by Crippen LogP contribution is -2.64. The maximum atomic E-state index is 16.7. The van der Waals surface area contributed by atoms with Crippen molar-refractivity contribution in [3.63, 3.8) is 0 Å². The van der Waals surface area contributed by atoms with Crippen molar-refractivity contribution in [2.75, 3.05) is 58.4 Å². The highest BCUT2D eigenvalue weighted by Gasteiger charge is 2.53. The molecule has 11 aliphatic rings. The summed E-state index contributed by atoms with van der Waals surface area (Å²) >= 11 is 7.37. The number of aryl methyl sites for hydroxylation is 2. The molecule has 9 amide bonds. The number of aromatic hydroxyl groups is 1. The van der Waals surface area contributed by atoms with Gasteiger partial charge in [-0.25, -0.2) is 4.79 Å². The molecule has 7 aliphatic heterocycles. The molecule has 4 aliphatic carbocycles. The largest absolute Gasteiger partial charge is 0.507 e. The Bertz CT molecular complexity index is 5270. The van der Waals surface area contributed by atoms with E-state index in [4.69, 9.17) is 65.7 Å². The van der Waals surface area contributed by atoms with Gasteiger partial charge >= 0.3 is 6.09 Å². The van der Waals surface area contributed by atoms with Crippen LogP contribution in [0.25, 0.3) is 11.1 Å². The number of amides is 9. The van der Waals surface area contributed by atoms with E-state index in [1.807, 2.05) is 27.7 Å². The first-order valence-electron chi connectivity index (χ1n) is 44.7. The number of nitrogens with one attached hydrogen (secondary N) is 11. The summed E-state index contributed by atoms with van der Waals surface area (Å²) in [5, 5.41) is 115. The maximum Gasteiger partial charge on any atom is 0.417 e. The molecule has 132 heavy (non-hydrogen) atoms. The molecule has 0 radical (unpaired) electrons. The minimum absolute atomic E-state index is 0.0194. The van der Waals surface area contributed by atoms with E-state index < -0.39 is 210 Å². The summed E-state index contributed by atoms with van der Waals surface area (Å²) in [6.07, 6.45) is -14.9. The molecule has 4 saturated carbocycles. The average Bonchev–Trinajstić information content (AvgIpc) is 0.785. The molecule has 6 aromatic carbocycles. The lowest BCUT2D eigenvalue weighted by atomic mass is 9.54. The van der Waals surface area contributed by atoms with Crippen molar-refractivity contribution in [2.45, 2.75) is 222 Å². The molecule has 0 aromatic heterocycles. The predicted molar refractivity (Wildman–Crippen MR) is 476 cm³/mol. The van der Waals surface area contributed by atoms with Crippen molar-refractivity contribution in [3.05, 3.63) is 141 Å². The van der Waals surface area contributed by atoms with Crippen molar-refractivity contribution in [3.8, 4) is 62.9 Å². The number of hydrogen-bond donors (Lipinski definition) is 20. The number of carbonyl (C=O) groups excluding carboxylic acids is 9. The van der Waals surface area contributed by atoms with Crippen LogP contribution < -0.4 is 98.4 Å². The molecular formula is C93H118ClN13O25. The van der Waals surface area contributed by atoms with Crippen LogP contribution in [0.5, 0.6) is 51.7 Å². The van der Waals surface area contributed by atoms with Crippen molar-refractivity contribution >= 4 is 70.6 Å². The molecule has 6 aromatic rings. The number of fused-ring (bicyclic) bond motifs is 15.